The number of ether oxygens (including phenoxy) is 1. The van der Waals surface area contributed by atoms with Crippen molar-refractivity contribution in [3.05, 3.63) is 73.8 Å². The molecule has 1 aliphatic carbocycles. The van der Waals surface area contributed by atoms with Gasteiger partial charge in [-0.05, 0) is 55.4 Å². The summed E-state index contributed by atoms with van der Waals surface area (Å²) in [5, 5.41) is 3.14. The summed E-state index contributed by atoms with van der Waals surface area (Å²) in [7, 11) is 0. The van der Waals surface area contributed by atoms with E-state index in [9.17, 15) is 18.8 Å². The zero-order valence-electron chi connectivity index (χ0n) is 20.6. The highest BCUT2D eigenvalue weighted by atomic mass is 19.1. The molecule has 1 saturated carbocycles. The molecular weight excluding hydrogens is 463 g/mol. The summed E-state index contributed by atoms with van der Waals surface area (Å²) in [6.45, 7) is 5.61. The summed E-state index contributed by atoms with van der Waals surface area (Å²) in [6.07, 6.45) is 3.19. The smallest absolute Gasteiger partial charge is 0.330 e. The predicted molar refractivity (Wildman–Crippen MR) is 134 cm³/mol. The molecule has 1 aliphatic heterocycles. The molecule has 9 heteroatoms. The van der Waals surface area contributed by atoms with Gasteiger partial charge in [-0.3, -0.25) is 19.1 Å². The lowest BCUT2D eigenvalue weighted by Gasteiger charge is -2.38. The zero-order valence-corrected chi connectivity index (χ0v) is 20.6. The molecule has 3 heterocycles. The van der Waals surface area contributed by atoms with Gasteiger partial charge < -0.3 is 10.1 Å². The molecule has 2 aliphatic rings. The van der Waals surface area contributed by atoms with E-state index in [2.05, 4.69) is 15.3 Å². The Bertz CT molecular complexity index is 1420. The van der Waals surface area contributed by atoms with Crippen molar-refractivity contribution in [1.29, 1.82) is 0 Å². The Morgan fingerprint density at radius 3 is 2.67 bits per heavy atom. The largest absolute Gasteiger partial charge is 0.381 e. The highest BCUT2D eigenvalue weighted by molar-refractivity contribution is 6.05. The molecule has 0 bridgehead atoms. The molecule has 190 valence electrons. The van der Waals surface area contributed by atoms with Crippen molar-refractivity contribution in [2.75, 3.05) is 19.8 Å². The van der Waals surface area contributed by atoms with E-state index in [-0.39, 0.29) is 40.8 Å². The summed E-state index contributed by atoms with van der Waals surface area (Å²) < 4.78 is 21.1. The average molecular weight is 495 g/mol. The van der Waals surface area contributed by atoms with Gasteiger partial charge in [0.1, 0.15) is 5.82 Å². The lowest BCUT2D eigenvalue weighted by molar-refractivity contribution is 0.0486. The molecule has 0 spiro atoms. The highest BCUT2D eigenvalue weighted by Gasteiger charge is 2.36. The summed E-state index contributed by atoms with van der Waals surface area (Å²) in [4.78, 5) is 46.3. The normalized spacial score (nSPS) is 17.4. The van der Waals surface area contributed by atoms with Crippen molar-refractivity contribution in [3.8, 4) is 0 Å². The number of hydrogen-bond donors (Lipinski definition) is 2. The van der Waals surface area contributed by atoms with Crippen LogP contribution in [0.3, 0.4) is 0 Å². The molecule has 1 saturated heterocycles. The van der Waals surface area contributed by atoms with Gasteiger partial charge in [0.2, 0.25) is 0 Å². The summed E-state index contributed by atoms with van der Waals surface area (Å²) in [5.74, 6) is -0.377. The second-order valence-electron chi connectivity index (χ2n) is 10.4. The van der Waals surface area contributed by atoms with Crippen molar-refractivity contribution < 1.29 is 13.9 Å². The Morgan fingerprint density at radius 1 is 1.25 bits per heavy atom. The Morgan fingerprint density at radius 2 is 2.00 bits per heavy atom. The molecule has 2 fully saturated rings. The molecule has 2 N–H and O–H groups in total. The Hall–Kier alpha value is -3.33. The second kappa shape index (κ2) is 9.61. The molecule has 36 heavy (non-hydrogen) atoms. The number of benzene rings is 1. The Balaban J connectivity index is 1.55. The minimum atomic E-state index is -0.624. The summed E-state index contributed by atoms with van der Waals surface area (Å²) in [6, 6.07) is 8.16. The van der Waals surface area contributed by atoms with E-state index < -0.39 is 22.6 Å². The number of halogens is 1. The first kappa shape index (κ1) is 24.4. The summed E-state index contributed by atoms with van der Waals surface area (Å²) >= 11 is 0. The van der Waals surface area contributed by atoms with Crippen LogP contribution >= 0.6 is 0 Å². The molecule has 0 radical (unpaired) electrons. The number of nitrogens with one attached hydrogen (secondary N) is 2. The van der Waals surface area contributed by atoms with E-state index in [4.69, 9.17) is 4.74 Å². The topological polar surface area (TPSA) is 106 Å². The van der Waals surface area contributed by atoms with E-state index in [0.717, 1.165) is 24.1 Å². The van der Waals surface area contributed by atoms with Crippen LogP contribution in [-0.4, -0.2) is 40.2 Å². The van der Waals surface area contributed by atoms with Crippen molar-refractivity contribution in [2.45, 2.75) is 57.4 Å². The minimum Gasteiger partial charge on any atom is -0.381 e. The molecule has 5 rings (SSSR count). The molecule has 3 aromatic rings. The number of pyridine rings is 1. The SMILES string of the molecule is CC(C)Cn1c(=O)[nH]c(=O)c2c(C(=O)NCC3(c4cccc(F)c4)CCOCC3)cc(C3CC3)nc21. The van der Waals surface area contributed by atoms with Crippen LogP contribution in [0.1, 0.15) is 67.1 Å². The third kappa shape index (κ3) is 4.72. The fraction of sp³-hybridized carbons (Fsp3) is 0.481. The van der Waals surface area contributed by atoms with Crippen molar-refractivity contribution in [3.63, 3.8) is 0 Å². The van der Waals surface area contributed by atoms with E-state index in [1.54, 1.807) is 12.1 Å². The quantitative estimate of drug-likeness (QED) is 0.525. The lowest BCUT2D eigenvalue weighted by Crippen LogP contribution is -2.45. The first-order valence-corrected chi connectivity index (χ1v) is 12.6. The van der Waals surface area contributed by atoms with E-state index >= 15 is 0 Å². The van der Waals surface area contributed by atoms with Crippen molar-refractivity contribution >= 4 is 16.9 Å². The van der Waals surface area contributed by atoms with Crippen LogP contribution in [0.2, 0.25) is 0 Å². The van der Waals surface area contributed by atoms with Crippen molar-refractivity contribution in [2.24, 2.45) is 5.92 Å². The first-order chi connectivity index (χ1) is 17.3. The van der Waals surface area contributed by atoms with Crippen LogP contribution < -0.4 is 16.6 Å². The number of carbonyl (C=O) groups excluding carboxylic acids is 1. The van der Waals surface area contributed by atoms with Gasteiger partial charge in [0.25, 0.3) is 11.5 Å². The fourth-order valence-corrected chi connectivity index (χ4v) is 5.09. The van der Waals surface area contributed by atoms with Gasteiger partial charge in [-0.25, -0.2) is 14.2 Å². The van der Waals surface area contributed by atoms with Crippen LogP contribution in [0.5, 0.6) is 0 Å². The number of H-pyrrole nitrogens is 1. The van der Waals surface area contributed by atoms with Crippen LogP contribution in [0.4, 0.5) is 4.39 Å². The van der Waals surface area contributed by atoms with Crippen LogP contribution in [0, 0.1) is 11.7 Å². The average Bonchev–Trinajstić information content (AvgIpc) is 3.70. The molecule has 2 aromatic heterocycles. The number of fused-ring (bicyclic) bond motifs is 1. The van der Waals surface area contributed by atoms with Crippen LogP contribution in [-0.2, 0) is 16.7 Å². The van der Waals surface area contributed by atoms with Gasteiger partial charge in [-0.2, -0.15) is 0 Å². The van der Waals surface area contributed by atoms with Gasteiger partial charge in [0.15, 0.2) is 5.65 Å². The van der Waals surface area contributed by atoms with Crippen LogP contribution in [0.25, 0.3) is 11.0 Å². The van der Waals surface area contributed by atoms with Gasteiger partial charge in [-0.15, -0.1) is 0 Å². The number of aromatic amines is 1. The third-order valence-electron chi connectivity index (χ3n) is 7.23. The standard InChI is InChI=1S/C27H31FN4O4/c1-16(2)14-32-23-22(25(34)31-26(32)35)20(13-21(30-23)17-6-7-17)24(33)29-15-27(8-10-36-11-9-27)18-4-3-5-19(28)12-18/h3-5,12-13,16-17H,6-11,14-15H2,1-2H3,(H,29,33)(H,31,34,35). The number of aromatic nitrogens is 3. The second-order valence-corrected chi connectivity index (χ2v) is 10.4. The van der Waals surface area contributed by atoms with Gasteiger partial charge in [0.05, 0.1) is 10.9 Å². The maximum absolute atomic E-state index is 14.1. The van der Waals surface area contributed by atoms with Gasteiger partial charge in [-0.1, -0.05) is 26.0 Å². The molecule has 8 nitrogen and oxygen atoms in total. The van der Waals surface area contributed by atoms with Gasteiger partial charge >= 0.3 is 5.69 Å². The van der Waals surface area contributed by atoms with Crippen molar-refractivity contribution in [1.82, 2.24) is 19.9 Å². The Labute approximate surface area is 207 Å². The Kier molecular flexibility index (Phi) is 6.51. The first-order valence-electron chi connectivity index (χ1n) is 12.6. The van der Waals surface area contributed by atoms with E-state index in [0.29, 0.717) is 32.6 Å². The number of carbonyl (C=O) groups is 1. The van der Waals surface area contributed by atoms with E-state index in [1.165, 1.54) is 16.7 Å². The molecule has 0 atom stereocenters. The molecular formula is C27H31FN4O4. The number of rotatable bonds is 7. The number of nitrogens with zero attached hydrogens (tertiary/aromatic N) is 2. The number of hydrogen-bond acceptors (Lipinski definition) is 5. The zero-order chi connectivity index (χ0) is 25.4. The molecule has 1 aromatic carbocycles. The van der Waals surface area contributed by atoms with Gasteiger partial charge in [0, 0.05) is 43.3 Å². The highest BCUT2D eigenvalue weighted by Crippen LogP contribution is 2.40. The third-order valence-corrected chi connectivity index (χ3v) is 7.23. The number of amides is 1. The van der Waals surface area contributed by atoms with E-state index in [1.807, 2.05) is 19.9 Å². The predicted octanol–water partition coefficient (Wildman–Crippen LogP) is 3.24. The maximum Gasteiger partial charge on any atom is 0.330 e. The lowest BCUT2D eigenvalue weighted by atomic mass is 9.74. The van der Waals surface area contributed by atoms with Crippen LogP contribution in [0.15, 0.2) is 39.9 Å². The minimum absolute atomic E-state index is 0.115. The molecule has 0 unspecified atom stereocenters. The monoisotopic (exact) mass is 494 g/mol. The maximum atomic E-state index is 14.1. The summed E-state index contributed by atoms with van der Waals surface area (Å²) in [5.41, 5.74) is 0.361. The fourth-order valence-electron chi connectivity index (χ4n) is 5.09. The molecule has 1 amide bonds.